The molecule has 0 bridgehead atoms. The molecular formula is C14H19NO4. The first-order valence-corrected chi connectivity index (χ1v) is 6.18. The van der Waals surface area contributed by atoms with Gasteiger partial charge in [0.2, 0.25) is 5.91 Å². The third-order valence-electron chi connectivity index (χ3n) is 2.73. The number of aryl methyl sites for hydroxylation is 1. The second-order valence-corrected chi connectivity index (χ2v) is 4.23. The van der Waals surface area contributed by atoms with E-state index in [1.54, 1.807) is 0 Å². The number of rotatable bonds is 8. The maximum atomic E-state index is 11.5. The maximum Gasteiger partial charge on any atom is 0.326 e. The van der Waals surface area contributed by atoms with Gasteiger partial charge < -0.3 is 15.2 Å². The summed E-state index contributed by atoms with van der Waals surface area (Å²) in [6.45, 7) is 0.289. The lowest BCUT2D eigenvalue weighted by Crippen LogP contribution is -2.41. The number of nitrogens with one attached hydrogen (secondary N) is 1. The highest BCUT2D eigenvalue weighted by Crippen LogP contribution is 2.05. The van der Waals surface area contributed by atoms with Gasteiger partial charge in [-0.1, -0.05) is 30.3 Å². The van der Waals surface area contributed by atoms with E-state index in [-0.39, 0.29) is 18.9 Å². The first-order chi connectivity index (χ1) is 9.13. The number of methoxy groups -OCH3 is 1. The number of ether oxygens (including phenoxy) is 1. The van der Waals surface area contributed by atoms with E-state index < -0.39 is 12.0 Å². The summed E-state index contributed by atoms with van der Waals surface area (Å²) in [4.78, 5) is 22.6. The van der Waals surface area contributed by atoms with Crippen molar-refractivity contribution in [1.82, 2.24) is 5.32 Å². The molecule has 104 valence electrons. The van der Waals surface area contributed by atoms with Crippen LogP contribution in [0.15, 0.2) is 30.3 Å². The molecule has 1 aromatic carbocycles. The van der Waals surface area contributed by atoms with Gasteiger partial charge in [0.15, 0.2) is 0 Å². The third kappa shape index (κ3) is 6.01. The van der Waals surface area contributed by atoms with E-state index in [9.17, 15) is 9.59 Å². The fourth-order valence-corrected chi connectivity index (χ4v) is 1.67. The first-order valence-electron chi connectivity index (χ1n) is 6.18. The summed E-state index contributed by atoms with van der Waals surface area (Å²) in [5.74, 6) is -1.32. The van der Waals surface area contributed by atoms with Gasteiger partial charge in [0.05, 0.1) is 6.61 Å². The van der Waals surface area contributed by atoms with Gasteiger partial charge in [-0.05, 0) is 18.4 Å². The molecule has 0 spiro atoms. The van der Waals surface area contributed by atoms with Crippen LogP contribution in [0.4, 0.5) is 0 Å². The predicted molar refractivity (Wildman–Crippen MR) is 70.8 cm³/mol. The minimum Gasteiger partial charge on any atom is -0.480 e. The Kier molecular flexibility index (Phi) is 6.60. The highest BCUT2D eigenvalue weighted by Gasteiger charge is 2.19. The van der Waals surface area contributed by atoms with Crippen molar-refractivity contribution in [3.63, 3.8) is 0 Å². The van der Waals surface area contributed by atoms with Crippen molar-refractivity contribution in [2.75, 3.05) is 13.7 Å². The molecule has 19 heavy (non-hydrogen) atoms. The lowest BCUT2D eigenvalue weighted by atomic mass is 10.1. The molecule has 1 atom stereocenters. The Balaban J connectivity index is 2.45. The van der Waals surface area contributed by atoms with Crippen LogP contribution in [0.25, 0.3) is 0 Å². The largest absolute Gasteiger partial charge is 0.480 e. The Morgan fingerprint density at radius 3 is 2.58 bits per heavy atom. The molecule has 0 aliphatic carbocycles. The highest BCUT2D eigenvalue weighted by molar-refractivity contribution is 5.83. The number of carboxylic acids is 1. The van der Waals surface area contributed by atoms with Crippen LogP contribution in [0.1, 0.15) is 18.4 Å². The molecule has 0 aromatic heterocycles. The van der Waals surface area contributed by atoms with Crippen LogP contribution in [-0.2, 0) is 20.7 Å². The molecule has 1 rings (SSSR count). The number of carbonyl (C=O) groups excluding carboxylic acids is 1. The Bertz CT molecular complexity index is 405. The zero-order valence-electron chi connectivity index (χ0n) is 11.0. The van der Waals surface area contributed by atoms with Gasteiger partial charge in [-0.25, -0.2) is 4.79 Å². The lowest BCUT2D eigenvalue weighted by molar-refractivity contribution is -0.142. The van der Waals surface area contributed by atoms with Crippen molar-refractivity contribution in [1.29, 1.82) is 0 Å². The lowest BCUT2D eigenvalue weighted by Gasteiger charge is -2.14. The number of carbonyl (C=O) groups is 2. The second-order valence-electron chi connectivity index (χ2n) is 4.23. The highest BCUT2D eigenvalue weighted by atomic mass is 16.5. The van der Waals surface area contributed by atoms with E-state index in [2.05, 4.69) is 5.32 Å². The monoisotopic (exact) mass is 265 g/mol. The molecule has 0 saturated carbocycles. The van der Waals surface area contributed by atoms with Gasteiger partial charge in [-0.3, -0.25) is 4.79 Å². The van der Waals surface area contributed by atoms with Gasteiger partial charge in [-0.15, -0.1) is 0 Å². The molecule has 0 saturated heterocycles. The van der Waals surface area contributed by atoms with Crippen molar-refractivity contribution in [3.8, 4) is 0 Å². The van der Waals surface area contributed by atoms with E-state index in [0.29, 0.717) is 12.8 Å². The maximum absolute atomic E-state index is 11.5. The van der Waals surface area contributed by atoms with Crippen LogP contribution in [0.3, 0.4) is 0 Å². The van der Waals surface area contributed by atoms with Gasteiger partial charge in [-0.2, -0.15) is 0 Å². The summed E-state index contributed by atoms with van der Waals surface area (Å²) in [5, 5.41) is 11.6. The van der Waals surface area contributed by atoms with Gasteiger partial charge in [0.1, 0.15) is 6.04 Å². The average molecular weight is 265 g/mol. The number of hydrogen-bond donors (Lipinski definition) is 2. The van der Waals surface area contributed by atoms with Crippen LogP contribution >= 0.6 is 0 Å². The average Bonchev–Trinajstić information content (AvgIpc) is 2.42. The number of benzene rings is 1. The summed E-state index contributed by atoms with van der Waals surface area (Å²) in [6.07, 6.45) is 1.16. The van der Waals surface area contributed by atoms with Crippen molar-refractivity contribution >= 4 is 11.9 Å². The van der Waals surface area contributed by atoms with Gasteiger partial charge in [0.25, 0.3) is 0 Å². The molecule has 2 N–H and O–H groups in total. The summed E-state index contributed by atoms with van der Waals surface area (Å²) in [7, 11) is 1.50. The molecule has 5 heteroatoms. The molecule has 0 heterocycles. The fourth-order valence-electron chi connectivity index (χ4n) is 1.67. The molecular weight excluding hydrogens is 246 g/mol. The smallest absolute Gasteiger partial charge is 0.326 e. The fraction of sp³-hybridized carbons (Fsp3) is 0.429. The molecule has 1 unspecified atom stereocenters. The standard InChI is InChI=1S/C14H19NO4/c1-19-10-9-13(16)15-12(14(17)18)8-7-11-5-3-2-4-6-11/h2-6,12H,7-10H2,1H3,(H,15,16)(H,17,18). The zero-order valence-corrected chi connectivity index (χ0v) is 11.0. The summed E-state index contributed by atoms with van der Waals surface area (Å²) in [5.41, 5.74) is 1.06. The minimum atomic E-state index is -1.01. The summed E-state index contributed by atoms with van der Waals surface area (Å²) in [6, 6.07) is 8.73. The number of carboxylic acid groups (broad SMARTS) is 1. The van der Waals surface area contributed by atoms with Gasteiger partial charge in [0, 0.05) is 13.5 Å². The Labute approximate surface area is 112 Å². The quantitative estimate of drug-likeness (QED) is 0.741. The zero-order chi connectivity index (χ0) is 14.1. The summed E-state index contributed by atoms with van der Waals surface area (Å²) >= 11 is 0. The van der Waals surface area contributed by atoms with Crippen LogP contribution in [0.5, 0.6) is 0 Å². The van der Waals surface area contributed by atoms with E-state index in [4.69, 9.17) is 9.84 Å². The molecule has 1 aromatic rings. The third-order valence-corrected chi connectivity index (χ3v) is 2.73. The van der Waals surface area contributed by atoms with E-state index in [1.807, 2.05) is 30.3 Å². The predicted octanol–water partition coefficient (Wildman–Crippen LogP) is 1.23. The normalized spacial score (nSPS) is 11.8. The number of hydrogen-bond acceptors (Lipinski definition) is 3. The molecule has 0 fully saturated rings. The van der Waals surface area contributed by atoms with Crippen LogP contribution in [0, 0.1) is 0 Å². The van der Waals surface area contributed by atoms with Crippen molar-refractivity contribution in [3.05, 3.63) is 35.9 Å². The van der Waals surface area contributed by atoms with Crippen LogP contribution in [0.2, 0.25) is 0 Å². The number of amides is 1. The Morgan fingerprint density at radius 2 is 2.00 bits per heavy atom. The van der Waals surface area contributed by atoms with Crippen molar-refractivity contribution in [2.24, 2.45) is 0 Å². The molecule has 0 aliphatic heterocycles. The number of aliphatic carboxylic acids is 1. The van der Waals surface area contributed by atoms with Crippen LogP contribution in [-0.4, -0.2) is 36.7 Å². The SMILES string of the molecule is COCCC(=O)NC(CCc1ccccc1)C(=O)O. The molecule has 1 amide bonds. The Hall–Kier alpha value is -1.88. The van der Waals surface area contributed by atoms with E-state index >= 15 is 0 Å². The minimum absolute atomic E-state index is 0.172. The van der Waals surface area contributed by atoms with Crippen molar-refractivity contribution in [2.45, 2.75) is 25.3 Å². The second kappa shape index (κ2) is 8.26. The van der Waals surface area contributed by atoms with Crippen molar-refractivity contribution < 1.29 is 19.4 Å². The Morgan fingerprint density at radius 1 is 1.32 bits per heavy atom. The molecule has 0 radical (unpaired) electrons. The van der Waals surface area contributed by atoms with E-state index in [1.165, 1.54) is 7.11 Å². The van der Waals surface area contributed by atoms with Crippen LogP contribution < -0.4 is 5.32 Å². The topological polar surface area (TPSA) is 75.6 Å². The molecule has 5 nitrogen and oxygen atoms in total. The molecule has 0 aliphatic rings. The first kappa shape index (κ1) is 15.2. The van der Waals surface area contributed by atoms with E-state index in [0.717, 1.165) is 5.56 Å². The van der Waals surface area contributed by atoms with Gasteiger partial charge >= 0.3 is 5.97 Å². The summed E-state index contributed by atoms with van der Waals surface area (Å²) < 4.78 is 4.78.